The molecule has 0 saturated heterocycles. The van der Waals surface area contributed by atoms with Crippen LogP contribution >= 0.6 is 0 Å². The number of unbranched alkanes of at least 4 members (excludes halogenated alkanes) is 2. The second kappa shape index (κ2) is 8.98. The van der Waals surface area contributed by atoms with Crippen molar-refractivity contribution in [2.45, 2.75) is 69.3 Å². The fraction of sp³-hybridized carbons (Fsp3) is 0.500. The highest BCUT2D eigenvalue weighted by Gasteiger charge is 2.49. The highest BCUT2D eigenvalue weighted by molar-refractivity contribution is 7.91. The zero-order valence-corrected chi connectivity index (χ0v) is 18.7. The first kappa shape index (κ1) is 22.6. The van der Waals surface area contributed by atoms with Crippen molar-refractivity contribution in [2.75, 3.05) is 11.5 Å². The molecule has 6 heteroatoms. The van der Waals surface area contributed by atoms with Gasteiger partial charge in [0, 0.05) is 17.0 Å². The molecule has 3 rings (SSSR count). The number of benzene rings is 2. The Hall–Kier alpha value is -2.05. The minimum atomic E-state index is -3.63. The summed E-state index contributed by atoms with van der Waals surface area (Å²) in [6, 6.07) is 11.6. The highest BCUT2D eigenvalue weighted by Crippen LogP contribution is 2.50. The summed E-state index contributed by atoms with van der Waals surface area (Å²) in [4.78, 5) is 0.235. The summed E-state index contributed by atoms with van der Waals surface area (Å²) in [6.45, 7) is 4.15. The van der Waals surface area contributed by atoms with Crippen LogP contribution in [0.1, 0.15) is 69.4 Å². The number of aliphatic hydroxyl groups excluding tert-OH is 1. The molecule has 1 aliphatic rings. The molecule has 0 aliphatic carbocycles. The van der Waals surface area contributed by atoms with E-state index < -0.39 is 27.3 Å². The predicted octanol–water partition coefficient (Wildman–Crippen LogP) is 4.62. The highest BCUT2D eigenvalue weighted by atomic mass is 32.2. The number of hydrogen-bond acceptors (Lipinski definition) is 5. The van der Waals surface area contributed by atoms with Crippen molar-refractivity contribution in [3.63, 3.8) is 0 Å². The van der Waals surface area contributed by atoms with Crippen molar-refractivity contribution in [1.82, 2.24) is 0 Å². The fourth-order valence-corrected chi connectivity index (χ4v) is 7.05. The van der Waals surface area contributed by atoms with E-state index in [1.807, 2.05) is 6.07 Å². The van der Waals surface area contributed by atoms with Gasteiger partial charge in [-0.1, -0.05) is 51.7 Å². The number of nitrogen functional groups attached to an aromatic ring is 1. The summed E-state index contributed by atoms with van der Waals surface area (Å²) in [7, 11) is -3.63. The van der Waals surface area contributed by atoms with Crippen LogP contribution in [0.2, 0.25) is 0 Å². The molecule has 0 aromatic heterocycles. The molecule has 0 spiro atoms. The number of hydrogen-bond donors (Lipinski definition) is 3. The summed E-state index contributed by atoms with van der Waals surface area (Å²) in [5, 5.41) is 21.9. The molecule has 4 N–H and O–H groups in total. The first-order chi connectivity index (χ1) is 14.2. The molecule has 0 unspecified atom stereocenters. The third-order valence-corrected chi connectivity index (χ3v) is 8.41. The van der Waals surface area contributed by atoms with Crippen LogP contribution < -0.4 is 5.73 Å². The average molecular weight is 432 g/mol. The lowest BCUT2D eigenvalue weighted by atomic mass is 9.68. The quantitative estimate of drug-likeness (QED) is 0.555. The van der Waals surface area contributed by atoms with E-state index in [1.54, 1.807) is 36.4 Å². The van der Waals surface area contributed by atoms with Crippen LogP contribution in [-0.2, 0) is 9.84 Å². The van der Waals surface area contributed by atoms with E-state index in [9.17, 15) is 18.6 Å². The van der Waals surface area contributed by atoms with Crippen LogP contribution in [0.3, 0.4) is 0 Å². The van der Waals surface area contributed by atoms with Crippen molar-refractivity contribution in [3.05, 3.63) is 53.6 Å². The van der Waals surface area contributed by atoms with E-state index in [-0.39, 0.29) is 16.4 Å². The molecular formula is C24H33NO4S. The fourth-order valence-electron chi connectivity index (χ4n) is 4.86. The number of phenolic OH excluding ortho intramolecular Hbond substituents is 1. The summed E-state index contributed by atoms with van der Waals surface area (Å²) >= 11 is 0. The van der Waals surface area contributed by atoms with E-state index in [4.69, 9.17) is 5.73 Å². The average Bonchev–Trinajstić information content (AvgIpc) is 2.76. The Labute approximate surface area is 179 Å². The molecule has 0 fully saturated rings. The normalized spacial score (nSPS) is 22.2. The van der Waals surface area contributed by atoms with Gasteiger partial charge in [-0.2, -0.15) is 0 Å². The predicted molar refractivity (Wildman–Crippen MR) is 120 cm³/mol. The van der Waals surface area contributed by atoms with Gasteiger partial charge >= 0.3 is 0 Å². The van der Waals surface area contributed by atoms with E-state index in [0.29, 0.717) is 29.7 Å². The smallest absolute Gasteiger partial charge is 0.179 e. The summed E-state index contributed by atoms with van der Waals surface area (Å²) in [6.07, 6.45) is 3.93. The van der Waals surface area contributed by atoms with Gasteiger partial charge in [-0.05, 0) is 54.3 Å². The molecule has 0 saturated carbocycles. The third-order valence-electron chi connectivity index (χ3n) is 6.41. The van der Waals surface area contributed by atoms with Crippen LogP contribution in [-0.4, -0.2) is 30.5 Å². The zero-order chi connectivity index (χ0) is 21.9. The lowest BCUT2D eigenvalue weighted by molar-refractivity contribution is 0.0127. The maximum atomic E-state index is 13.5. The maximum absolute atomic E-state index is 13.5. The minimum Gasteiger partial charge on any atom is -0.508 e. The molecule has 0 amide bonds. The van der Waals surface area contributed by atoms with E-state index in [2.05, 4.69) is 13.8 Å². The van der Waals surface area contributed by atoms with Crippen LogP contribution in [0.25, 0.3) is 0 Å². The number of aromatic hydroxyl groups is 1. The summed E-state index contributed by atoms with van der Waals surface area (Å²) < 4.78 is 27.1. The Balaban J connectivity index is 2.28. The van der Waals surface area contributed by atoms with Gasteiger partial charge in [0.15, 0.2) is 9.84 Å². The number of sulfone groups is 1. The molecule has 2 aromatic rings. The molecule has 1 aliphatic heterocycles. The number of phenols is 1. The van der Waals surface area contributed by atoms with E-state index >= 15 is 0 Å². The largest absolute Gasteiger partial charge is 0.508 e. The van der Waals surface area contributed by atoms with Gasteiger partial charge in [0.1, 0.15) is 5.75 Å². The Morgan fingerprint density at radius 1 is 1.07 bits per heavy atom. The first-order valence-corrected chi connectivity index (χ1v) is 12.5. The Kier molecular flexibility index (Phi) is 6.78. The second-order valence-corrected chi connectivity index (χ2v) is 10.6. The van der Waals surface area contributed by atoms with Crippen LogP contribution in [0.15, 0.2) is 47.4 Å². The van der Waals surface area contributed by atoms with Crippen molar-refractivity contribution >= 4 is 15.5 Å². The Bertz CT molecular complexity index is 978. The lowest BCUT2D eigenvalue weighted by Gasteiger charge is -2.40. The molecular weight excluding hydrogens is 398 g/mol. The molecule has 1 heterocycles. The van der Waals surface area contributed by atoms with Gasteiger partial charge in [0.2, 0.25) is 0 Å². The monoisotopic (exact) mass is 431 g/mol. The second-order valence-electron chi connectivity index (χ2n) is 8.64. The number of nitrogens with two attached hydrogens (primary N) is 1. The third kappa shape index (κ3) is 4.35. The number of anilines is 1. The molecule has 2 aromatic carbocycles. The molecule has 5 nitrogen and oxygen atoms in total. The Morgan fingerprint density at radius 2 is 1.73 bits per heavy atom. The van der Waals surface area contributed by atoms with Crippen molar-refractivity contribution < 1.29 is 18.6 Å². The van der Waals surface area contributed by atoms with Crippen LogP contribution in [0, 0.1) is 5.41 Å². The molecule has 2 atom stereocenters. The standard InChI is InChI=1S/C24H33NO4S/c1-3-5-12-24(13-6-4-2)16-30(28,29)21-11-10-18(25)15-20(21)22(23(24)27)17-8-7-9-19(26)14-17/h7-11,14-15,22-23,26-27H,3-6,12-13,16,25H2,1-2H3/t22-,23-/m1/s1. The molecule has 0 radical (unpaired) electrons. The lowest BCUT2D eigenvalue weighted by Crippen LogP contribution is -2.43. The zero-order valence-electron chi connectivity index (χ0n) is 17.8. The number of rotatable bonds is 7. The molecule has 164 valence electrons. The van der Waals surface area contributed by atoms with Crippen LogP contribution in [0.4, 0.5) is 5.69 Å². The van der Waals surface area contributed by atoms with Crippen LogP contribution in [0.5, 0.6) is 5.75 Å². The van der Waals surface area contributed by atoms with Crippen molar-refractivity contribution in [1.29, 1.82) is 0 Å². The number of aliphatic hydroxyl groups is 1. The van der Waals surface area contributed by atoms with Gasteiger partial charge in [-0.15, -0.1) is 0 Å². The summed E-state index contributed by atoms with van der Waals surface area (Å²) in [5.74, 6) is -0.570. The SMILES string of the molecule is CCCCC1(CCCC)CS(=O)(=O)c2ccc(N)cc2[C@@H](c2cccc(O)c2)[C@H]1O. The first-order valence-electron chi connectivity index (χ1n) is 10.8. The Morgan fingerprint density at radius 3 is 2.33 bits per heavy atom. The summed E-state index contributed by atoms with van der Waals surface area (Å²) in [5.41, 5.74) is 6.95. The topological polar surface area (TPSA) is 101 Å². The minimum absolute atomic E-state index is 0.0760. The molecule has 0 bridgehead atoms. The van der Waals surface area contributed by atoms with Gasteiger partial charge in [0.05, 0.1) is 16.8 Å². The molecule has 30 heavy (non-hydrogen) atoms. The van der Waals surface area contributed by atoms with Gasteiger partial charge in [-0.3, -0.25) is 0 Å². The van der Waals surface area contributed by atoms with Gasteiger partial charge < -0.3 is 15.9 Å². The van der Waals surface area contributed by atoms with E-state index in [0.717, 1.165) is 25.7 Å². The number of fused-ring (bicyclic) bond motifs is 1. The van der Waals surface area contributed by atoms with Gasteiger partial charge in [-0.25, -0.2) is 8.42 Å². The van der Waals surface area contributed by atoms with Crippen molar-refractivity contribution in [2.24, 2.45) is 5.41 Å². The van der Waals surface area contributed by atoms with E-state index in [1.165, 1.54) is 0 Å². The van der Waals surface area contributed by atoms with Gasteiger partial charge in [0.25, 0.3) is 0 Å². The maximum Gasteiger partial charge on any atom is 0.179 e. The van der Waals surface area contributed by atoms with Crippen molar-refractivity contribution in [3.8, 4) is 5.75 Å².